The molecule has 10 heteroatoms. The summed E-state index contributed by atoms with van der Waals surface area (Å²) in [5, 5.41) is 2.76. The Kier molecular flexibility index (Phi) is 6.90. The molecule has 0 bridgehead atoms. The molecule has 2 amide bonds. The Balaban J connectivity index is 1.33. The van der Waals surface area contributed by atoms with E-state index in [1.165, 1.54) is 31.6 Å². The zero-order valence-corrected chi connectivity index (χ0v) is 19.3. The molecule has 1 aliphatic rings. The maximum absolute atomic E-state index is 12.6. The Morgan fingerprint density at radius 3 is 2.47 bits per heavy atom. The van der Waals surface area contributed by atoms with Crippen molar-refractivity contribution in [1.82, 2.24) is 14.6 Å². The van der Waals surface area contributed by atoms with Crippen molar-refractivity contribution >= 4 is 27.5 Å². The van der Waals surface area contributed by atoms with Crippen LogP contribution in [0.25, 0.3) is 0 Å². The highest BCUT2D eigenvalue weighted by Crippen LogP contribution is 2.27. The number of carbonyl (C=O) groups excluding carboxylic acids is 2. The van der Waals surface area contributed by atoms with Crippen molar-refractivity contribution in [2.75, 3.05) is 25.0 Å². The average molecular weight is 481 g/mol. The molecule has 0 aliphatic carbocycles. The van der Waals surface area contributed by atoms with E-state index in [-0.39, 0.29) is 23.8 Å². The van der Waals surface area contributed by atoms with Gasteiger partial charge in [-0.25, -0.2) is 8.42 Å². The summed E-state index contributed by atoms with van der Waals surface area (Å²) in [6.45, 7) is -0.0734. The van der Waals surface area contributed by atoms with Crippen LogP contribution in [0.4, 0.5) is 5.69 Å². The van der Waals surface area contributed by atoms with Crippen molar-refractivity contribution in [3.63, 3.8) is 0 Å². The molecule has 4 rings (SSSR count). The van der Waals surface area contributed by atoms with Gasteiger partial charge in [-0.15, -0.1) is 0 Å². The van der Waals surface area contributed by atoms with Crippen LogP contribution in [0.1, 0.15) is 6.42 Å². The number of aromatic nitrogens is 1. The smallest absolute Gasteiger partial charge is 0.244 e. The van der Waals surface area contributed by atoms with Crippen LogP contribution in [-0.4, -0.2) is 55.7 Å². The molecule has 1 aliphatic heterocycles. The molecule has 34 heavy (non-hydrogen) atoms. The number of hydrogen-bond acceptors (Lipinski definition) is 6. The molecular formula is C24H24N4O5S. The van der Waals surface area contributed by atoms with Crippen molar-refractivity contribution in [3.8, 4) is 11.5 Å². The third kappa shape index (κ3) is 5.41. The van der Waals surface area contributed by atoms with E-state index < -0.39 is 22.0 Å². The number of ether oxygens (including phenoxy) is 1. The molecule has 3 aromatic rings. The lowest BCUT2D eigenvalue weighted by Gasteiger charge is -2.19. The molecular weight excluding hydrogens is 456 g/mol. The summed E-state index contributed by atoms with van der Waals surface area (Å²) in [6.07, 6.45) is 2.83. The fourth-order valence-corrected chi connectivity index (χ4v) is 4.70. The molecule has 1 unspecified atom stereocenters. The van der Waals surface area contributed by atoms with E-state index in [9.17, 15) is 18.0 Å². The third-order valence-corrected chi connectivity index (χ3v) is 7.11. The lowest BCUT2D eigenvalue weighted by atomic mass is 10.2. The van der Waals surface area contributed by atoms with Crippen molar-refractivity contribution in [3.05, 3.63) is 79.1 Å². The Morgan fingerprint density at radius 1 is 1.09 bits per heavy atom. The SMILES string of the molecule is CN(CC(=O)NC1CC(=O)N(c2ccc(Oc3ccccc3)cc2)C1)S(=O)(=O)c1cccnc1. The van der Waals surface area contributed by atoms with Crippen molar-refractivity contribution in [2.45, 2.75) is 17.4 Å². The molecule has 2 heterocycles. The van der Waals surface area contributed by atoms with Crippen LogP contribution in [-0.2, 0) is 19.6 Å². The van der Waals surface area contributed by atoms with Gasteiger partial charge in [-0.3, -0.25) is 14.6 Å². The van der Waals surface area contributed by atoms with E-state index in [0.717, 1.165) is 4.31 Å². The minimum absolute atomic E-state index is 0.00668. The summed E-state index contributed by atoms with van der Waals surface area (Å²) < 4.78 is 31.9. The Morgan fingerprint density at radius 2 is 1.79 bits per heavy atom. The van der Waals surface area contributed by atoms with Gasteiger partial charge in [0, 0.05) is 38.1 Å². The highest BCUT2D eigenvalue weighted by atomic mass is 32.2. The number of nitrogens with one attached hydrogen (secondary N) is 1. The predicted octanol–water partition coefficient (Wildman–Crippen LogP) is 2.42. The largest absolute Gasteiger partial charge is 0.457 e. The molecule has 1 aromatic heterocycles. The van der Waals surface area contributed by atoms with Crippen LogP contribution in [0.15, 0.2) is 84.0 Å². The predicted molar refractivity (Wildman–Crippen MR) is 126 cm³/mol. The maximum atomic E-state index is 12.6. The number of carbonyl (C=O) groups is 2. The van der Waals surface area contributed by atoms with E-state index in [0.29, 0.717) is 23.7 Å². The van der Waals surface area contributed by atoms with Crippen LogP contribution in [0.3, 0.4) is 0 Å². The second-order valence-corrected chi connectivity index (χ2v) is 9.88. The number of sulfonamides is 1. The van der Waals surface area contributed by atoms with Crippen LogP contribution in [0.2, 0.25) is 0 Å². The monoisotopic (exact) mass is 480 g/mol. The molecule has 0 saturated carbocycles. The zero-order chi connectivity index (χ0) is 24.1. The second-order valence-electron chi connectivity index (χ2n) is 7.83. The normalized spacial score (nSPS) is 16.0. The fraction of sp³-hybridized carbons (Fsp3) is 0.208. The van der Waals surface area contributed by atoms with E-state index in [1.54, 1.807) is 29.2 Å². The van der Waals surface area contributed by atoms with Gasteiger partial charge in [0.2, 0.25) is 21.8 Å². The zero-order valence-electron chi connectivity index (χ0n) is 18.5. The Bertz CT molecular complexity index is 1250. The van der Waals surface area contributed by atoms with E-state index >= 15 is 0 Å². The van der Waals surface area contributed by atoms with Gasteiger partial charge in [0.05, 0.1) is 12.6 Å². The first-order valence-electron chi connectivity index (χ1n) is 10.6. The first kappa shape index (κ1) is 23.4. The number of amides is 2. The van der Waals surface area contributed by atoms with Gasteiger partial charge in [-0.1, -0.05) is 18.2 Å². The second kappa shape index (κ2) is 10.0. The number of para-hydroxylation sites is 1. The van der Waals surface area contributed by atoms with Gasteiger partial charge in [-0.2, -0.15) is 4.31 Å². The lowest BCUT2D eigenvalue weighted by molar-refractivity contribution is -0.121. The van der Waals surface area contributed by atoms with E-state index in [2.05, 4.69) is 10.3 Å². The number of nitrogens with zero attached hydrogens (tertiary/aromatic N) is 3. The van der Waals surface area contributed by atoms with Crippen molar-refractivity contribution in [2.24, 2.45) is 0 Å². The van der Waals surface area contributed by atoms with Gasteiger partial charge in [0.25, 0.3) is 0 Å². The Labute approximate surface area is 198 Å². The number of rotatable bonds is 8. The minimum atomic E-state index is -3.84. The summed E-state index contributed by atoms with van der Waals surface area (Å²) in [7, 11) is -2.51. The summed E-state index contributed by atoms with van der Waals surface area (Å²) in [6, 6.07) is 19.0. The summed E-state index contributed by atoms with van der Waals surface area (Å²) in [5.74, 6) is 0.745. The number of anilines is 1. The number of benzene rings is 2. The number of pyridine rings is 1. The van der Waals surface area contributed by atoms with Crippen molar-refractivity contribution in [1.29, 1.82) is 0 Å². The van der Waals surface area contributed by atoms with Crippen LogP contribution >= 0.6 is 0 Å². The minimum Gasteiger partial charge on any atom is -0.457 e. The molecule has 0 spiro atoms. The summed E-state index contributed by atoms with van der Waals surface area (Å²) in [5.41, 5.74) is 0.693. The van der Waals surface area contributed by atoms with Gasteiger partial charge < -0.3 is 15.0 Å². The molecule has 176 valence electrons. The average Bonchev–Trinajstić information content (AvgIpc) is 3.20. The Hall–Kier alpha value is -3.76. The first-order chi connectivity index (χ1) is 16.3. The number of likely N-dealkylation sites (N-methyl/N-ethyl adjacent to an activating group) is 1. The standard InChI is InChI=1S/C24H24N4O5S/c1-27(34(31,32)22-8-5-13-25-15-22)17-23(29)26-18-14-24(30)28(16-18)19-9-11-21(12-10-19)33-20-6-3-2-4-7-20/h2-13,15,18H,14,16-17H2,1H3,(H,26,29). The summed E-state index contributed by atoms with van der Waals surface area (Å²) in [4.78, 5) is 30.4. The first-order valence-corrected chi connectivity index (χ1v) is 12.1. The quantitative estimate of drug-likeness (QED) is 0.530. The lowest BCUT2D eigenvalue weighted by Crippen LogP contribution is -2.43. The molecule has 9 nitrogen and oxygen atoms in total. The highest BCUT2D eigenvalue weighted by Gasteiger charge is 2.32. The van der Waals surface area contributed by atoms with Crippen LogP contribution in [0.5, 0.6) is 11.5 Å². The topological polar surface area (TPSA) is 109 Å². The van der Waals surface area contributed by atoms with E-state index in [1.807, 2.05) is 30.3 Å². The van der Waals surface area contributed by atoms with E-state index in [4.69, 9.17) is 4.74 Å². The maximum Gasteiger partial charge on any atom is 0.244 e. The molecule has 2 aromatic carbocycles. The highest BCUT2D eigenvalue weighted by molar-refractivity contribution is 7.89. The van der Waals surface area contributed by atoms with Gasteiger partial charge >= 0.3 is 0 Å². The van der Waals surface area contributed by atoms with Gasteiger partial charge in [0.15, 0.2) is 0 Å². The fourth-order valence-electron chi connectivity index (χ4n) is 3.61. The van der Waals surface area contributed by atoms with Crippen molar-refractivity contribution < 1.29 is 22.7 Å². The van der Waals surface area contributed by atoms with Gasteiger partial charge in [-0.05, 0) is 48.5 Å². The summed E-state index contributed by atoms with van der Waals surface area (Å²) >= 11 is 0. The van der Waals surface area contributed by atoms with Crippen LogP contribution < -0.4 is 15.0 Å². The number of hydrogen-bond donors (Lipinski definition) is 1. The molecule has 0 radical (unpaired) electrons. The molecule has 1 N–H and O–H groups in total. The third-order valence-electron chi connectivity index (χ3n) is 5.33. The molecule has 1 fully saturated rings. The molecule has 1 saturated heterocycles. The van der Waals surface area contributed by atoms with Gasteiger partial charge in [0.1, 0.15) is 16.4 Å². The van der Waals surface area contributed by atoms with Crippen LogP contribution in [0, 0.1) is 0 Å². The molecule has 1 atom stereocenters.